The molecule has 0 heterocycles. The van der Waals surface area contributed by atoms with Gasteiger partial charge in [0.2, 0.25) is 11.8 Å². The van der Waals surface area contributed by atoms with Crippen molar-refractivity contribution in [3.05, 3.63) is 34.9 Å². The van der Waals surface area contributed by atoms with Crippen molar-refractivity contribution < 1.29 is 14.3 Å². The van der Waals surface area contributed by atoms with Gasteiger partial charge in [-0.25, -0.2) is 0 Å². The van der Waals surface area contributed by atoms with Crippen molar-refractivity contribution in [2.75, 3.05) is 13.7 Å². The van der Waals surface area contributed by atoms with E-state index in [0.717, 1.165) is 12.0 Å². The molecule has 2 amide bonds. The number of benzene rings is 1. The van der Waals surface area contributed by atoms with Gasteiger partial charge in [0.15, 0.2) is 0 Å². The zero-order valence-electron chi connectivity index (χ0n) is 13.2. The van der Waals surface area contributed by atoms with Gasteiger partial charge in [0.05, 0.1) is 25.1 Å². The van der Waals surface area contributed by atoms with E-state index < -0.39 is 0 Å². The summed E-state index contributed by atoms with van der Waals surface area (Å²) in [6.07, 6.45) is 0.951. The van der Waals surface area contributed by atoms with Gasteiger partial charge in [-0.3, -0.25) is 9.59 Å². The fraction of sp³-hybridized carbons (Fsp3) is 0.500. The Morgan fingerprint density at radius 1 is 1.23 bits per heavy atom. The third kappa shape index (κ3) is 6.45. The van der Waals surface area contributed by atoms with Crippen LogP contribution in [-0.2, 0) is 14.3 Å². The fourth-order valence-electron chi connectivity index (χ4n) is 2.13. The summed E-state index contributed by atoms with van der Waals surface area (Å²) in [6.45, 7) is 3.88. The van der Waals surface area contributed by atoms with E-state index in [4.69, 9.17) is 16.3 Å². The lowest BCUT2D eigenvalue weighted by Gasteiger charge is -2.21. The lowest BCUT2D eigenvalue weighted by Crippen LogP contribution is -2.40. The van der Waals surface area contributed by atoms with Crippen LogP contribution >= 0.6 is 11.6 Å². The molecule has 2 unspecified atom stereocenters. The van der Waals surface area contributed by atoms with E-state index in [-0.39, 0.29) is 30.3 Å². The highest BCUT2D eigenvalue weighted by molar-refractivity contribution is 6.30. The summed E-state index contributed by atoms with van der Waals surface area (Å²) in [7, 11) is 1.60. The van der Waals surface area contributed by atoms with Crippen LogP contribution in [0.25, 0.3) is 0 Å². The molecule has 0 aromatic heterocycles. The molecule has 0 aliphatic carbocycles. The molecule has 0 spiro atoms. The summed E-state index contributed by atoms with van der Waals surface area (Å²) < 4.78 is 5.06. The lowest BCUT2D eigenvalue weighted by molar-refractivity contribution is -0.123. The molecular weight excluding hydrogens is 304 g/mol. The van der Waals surface area contributed by atoms with E-state index in [0.29, 0.717) is 11.6 Å². The van der Waals surface area contributed by atoms with Crippen molar-refractivity contribution >= 4 is 23.4 Å². The number of carbonyl (C=O) groups is 2. The Morgan fingerprint density at radius 2 is 1.86 bits per heavy atom. The molecule has 0 fully saturated rings. The summed E-state index contributed by atoms with van der Waals surface area (Å²) in [5, 5.41) is 6.32. The maximum Gasteiger partial charge on any atom is 0.222 e. The van der Waals surface area contributed by atoms with Crippen LogP contribution in [0, 0.1) is 0 Å². The van der Waals surface area contributed by atoms with Gasteiger partial charge in [0, 0.05) is 19.1 Å². The van der Waals surface area contributed by atoms with Crippen LogP contribution in [-0.4, -0.2) is 31.6 Å². The van der Waals surface area contributed by atoms with Crippen LogP contribution in [0.5, 0.6) is 0 Å². The number of carbonyl (C=O) groups excluding carboxylic acids is 2. The standard InChI is InChI=1S/C16H23ClN2O3/c1-4-14(10-22-3)19-16(21)9-15(18-11(2)20)12-5-7-13(17)8-6-12/h5-8,14-15H,4,9-10H2,1-3H3,(H,18,20)(H,19,21). The third-order valence-electron chi connectivity index (χ3n) is 3.27. The van der Waals surface area contributed by atoms with Crippen molar-refractivity contribution in [3.63, 3.8) is 0 Å². The topological polar surface area (TPSA) is 67.4 Å². The van der Waals surface area contributed by atoms with Gasteiger partial charge in [-0.05, 0) is 24.1 Å². The van der Waals surface area contributed by atoms with Gasteiger partial charge < -0.3 is 15.4 Å². The Kier molecular flexibility index (Phi) is 7.91. The number of hydrogen-bond acceptors (Lipinski definition) is 3. The number of nitrogens with one attached hydrogen (secondary N) is 2. The molecule has 2 atom stereocenters. The van der Waals surface area contributed by atoms with Gasteiger partial charge in [-0.15, -0.1) is 0 Å². The molecule has 1 rings (SSSR count). The van der Waals surface area contributed by atoms with Gasteiger partial charge in [0.25, 0.3) is 0 Å². The fourth-order valence-corrected chi connectivity index (χ4v) is 2.25. The predicted octanol–water partition coefficient (Wildman–Crippen LogP) is 2.45. The second kappa shape index (κ2) is 9.43. The zero-order valence-corrected chi connectivity index (χ0v) is 13.9. The summed E-state index contributed by atoms with van der Waals surface area (Å²) in [4.78, 5) is 23.5. The molecule has 122 valence electrons. The quantitative estimate of drug-likeness (QED) is 0.771. The van der Waals surface area contributed by atoms with Crippen molar-refractivity contribution in [2.24, 2.45) is 0 Å². The average molecular weight is 327 g/mol. The number of hydrogen-bond donors (Lipinski definition) is 2. The molecule has 0 bridgehead atoms. The number of amides is 2. The lowest BCUT2D eigenvalue weighted by atomic mass is 10.0. The molecular formula is C16H23ClN2O3. The predicted molar refractivity (Wildman–Crippen MR) is 86.7 cm³/mol. The minimum absolute atomic E-state index is 0.0271. The first kappa shape index (κ1) is 18.5. The highest BCUT2D eigenvalue weighted by atomic mass is 35.5. The van der Waals surface area contributed by atoms with E-state index in [1.807, 2.05) is 19.1 Å². The number of halogens is 1. The normalized spacial score (nSPS) is 13.3. The van der Waals surface area contributed by atoms with Crippen molar-refractivity contribution in [1.29, 1.82) is 0 Å². The SMILES string of the molecule is CCC(COC)NC(=O)CC(NC(C)=O)c1ccc(Cl)cc1. The van der Waals surface area contributed by atoms with Gasteiger partial charge in [-0.1, -0.05) is 30.7 Å². The van der Waals surface area contributed by atoms with Crippen LogP contribution in [0.15, 0.2) is 24.3 Å². The Labute approximate surface area is 136 Å². The Hall–Kier alpha value is -1.59. The summed E-state index contributed by atoms with van der Waals surface area (Å²) >= 11 is 5.87. The monoisotopic (exact) mass is 326 g/mol. The first-order valence-corrected chi connectivity index (χ1v) is 7.64. The van der Waals surface area contributed by atoms with E-state index in [2.05, 4.69) is 10.6 Å². The molecule has 0 aliphatic heterocycles. The first-order valence-electron chi connectivity index (χ1n) is 7.27. The van der Waals surface area contributed by atoms with Gasteiger partial charge in [0.1, 0.15) is 0 Å². The summed E-state index contributed by atoms with van der Waals surface area (Å²) in [5.74, 6) is -0.311. The Morgan fingerprint density at radius 3 is 2.36 bits per heavy atom. The van der Waals surface area contributed by atoms with Crippen LogP contribution in [0.1, 0.15) is 38.3 Å². The van der Waals surface area contributed by atoms with E-state index in [1.165, 1.54) is 6.92 Å². The molecule has 0 aliphatic rings. The Balaban J connectivity index is 2.74. The minimum atomic E-state index is -0.380. The van der Waals surface area contributed by atoms with Crippen molar-refractivity contribution in [3.8, 4) is 0 Å². The molecule has 0 saturated heterocycles. The largest absolute Gasteiger partial charge is 0.383 e. The second-order valence-corrected chi connectivity index (χ2v) is 5.57. The minimum Gasteiger partial charge on any atom is -0.383 e. The van der Waals surface area contributed by atoms with Gasteiger partial charge in [-0.2, -0.15) is 0 Å². The summed E-state index contributed by atoms with van der Waals surface area (Å²) in [5.41, 5.74) is 0.842. The third-order valence-corrected chi connectivity index (χ3v) is 3.52. The first-order chi connectivity index (χ1) is 10.5. The maximum absolute atomic E-state index is 12.2. The number of ether oxygens (including phenoxy) is 1. The van der Waals surface area contributed by atoms with Gasteiger partial charge >= 0.3 is 0 Å². The molecule has 0 radical (unpaired) electrons. The molecule has 1 aromatic rings. The number of methoxy groups -OCH3 is 1. The van der Waals surface area contributed by atoms with E-state index >= 15 is 0 Å². The molecule has 0 saturated carbocycles. The van der Waals surface area contributed by atoms with Crippen LogP contribution in [0.2, 0.25) is 5.02 Å². The molecule has 1 aromatic carbocycles. The average Bonchev–Trinajstić information content (AvgIpc) is 2.46. The van der Waals surface area contributed by atoms with Crippen LogP contribution in [0.3, 0.4) is 0 Å². The van der Waals surface area contributed by atoms with Crippen LogP contribution < -0.4 is 10.6 Å². The zero-order chi connectivity index (χ0) is 16.5. The molecule has 2 N–H and O–H groups in total. The summed E-state index contributed by atoms with van der Waals surface area (Å²) in [6, 6.07) is 6.69. The molecule has 6 heteroatoms. The highest BCUT2D eigenvalue weighted by Gasteiger charge is 2.19. The highest BCUT2D eigenvalue weighted by Crippen LogP contribution is 2.19. The smallest absolute Gasteiger partial charge is 0.222 e. The van der Waals surface area contributed by atoms with Crippen LogP contribution in [0.4, 0.5) is 0 Å². The Bertz CT molecular complexity index is 491. The van der Waals surface area contributed by atoms with Crippen molar-refractivity contribution in [1.82, 2.24) is 10.6 Å². The van der Waals surface area contributed by atoms with Crippen molar-refractivity contribution in [2.45, 2.75) is 38.8 Å². The number of rotatable bonds is 8. The molecule has 22 heavy (non-hydrogen) atoms. The molecule has 5 nitrogen and oxygen atoms in total. The second-order valence-electron chi connectivity index (χ2n) is 5.14. The maximum atomic E-state index is 12.2. The van der Waals surface area contributed by atoms with E-state index in [1.54, 1.807) is 19.2 Å². The van der Waals surface area contributed by atoms with E-state index in [9.17, 15) is 9.59 Å².